The van der Waals surface area contributed by atoms with Crippen LogP contribution >= 0.6 is 0 Å². The number of aromatic carboxylic acids is 1. The summed E-state index contributed by atoms with van der Waals surface area (Å²) < 4.78 is 0. The molecule has 29 heavy (non-hydrogen) atoms. The number of pyridine rings is 2. The van der Waals surface area contributed by atoms with Crippen molar-refractivity contribution in [1.82, 2.24) is 15.0 Å². The molecular formula is C23H24N4O2. The van der Waals surface area contributed by atoms with Crippen molar-refractivity contribution in [2.24, 2.45) is 11.7 Å². The third kappa shape index (κ3) is 2.95. The summed E-state index contributed by atoms with van der Waals surface area (Å²) in [6.45, 7) is 1.95. The maximum atomic E-state index is 12.1. The minimum atomic E-state index is -0.896. The van der Waals surface area contributed by atoms with E-state index in [-0.39, 0.29) is 6.04 Å². The highest BCUT2D eigenvalue weighted by Crippen LogP contribution is 2.42. The van der Waals surface area contributed by atoms with E-state index < -0.39 is 5.97 Å². The third-order valence-corrected chi connectivity index (χ3v) is 6.44. The van der Waals surface area contributed by atoms with Crippen molar-refractivity contribution in [2.75, 3.05) is 0 Å². The van der Waals surface area contributed by atoms with Gasteiger partial charge in [-0.05, 0) is 67.9 Å². The Bertz CT molecular complexity index is 1100. The van der Waals surface area contributed by atoms with Crippen LogP contribution in [0.1, 0.15) is 58.2 Å². The molecule has 1 saturated carbocycles. The number of carbonyl (C=O) groups is 1. The number of carboxylic acids is 1. The van der Waals surface area contributed by atoms with E-state index in [0.717, 1.165) is 58.6 Å². The van der Waals surface area contributed by atoms with Crippen molar-refractivity contribution in [3.05, 3.63) is 58.7 Å². The Morgan fingerprint density at radius 2 is 2.07 bits per heavy atom. The van der Waals surface area contributed by atoms with Crippen LogP contribution in [0, 0.1) is 12.8 Å². The first-order valence-corrected chi connectivity index (χ1v) is 10.2. The maximum Gasteiger partial charge on any atom is 0.337 e. The average Bonchev–Trinajstić information content (AvgIpc) is 3.07. The van der Waals surface area contributed by atoms with Crippen LogP contribution in [-0.2, 0) is 12.8 Å². The molecule has 0 aliphatic heterocycles. The Kier molecular flexibility index (Phi) is 4.24. The fourth-order valence-corrected chi connectivity index (χ4v) is 4.52. The molecule has 6 heteroatoms. The highest BCUT2D eigenvalue weighted by molar-refractivity contribution is 5.95. The summed E-state index contributed by atoms with van der Waals surface area (Å²) >= 11 is 0. The number of hydrogen-bond acceptors (Lipinski definition) is 4. The largest absolute Gasteiger partial charge is 0.478 e. The van der Waals surface area contributed by atoms with Crippen LogP contribution in [0.5, 0.6) is 0 Å². The van der Waals surface area contributed by atoms with Crippen molar-refractivity contribution < 1.29 is 9.90 Å². The highest BCUT2D eigenvalue weighted by Gasteiger charge is 2.34. The van der Waals surface area contributed by atoms with Crippen molar-refractivity contribution in [1.29, 1.82) is 0 Å². The van der Waals surface area contributed by atoms with Gasteiger partial charge in [0.2, 0.25) is 0 Å². The minimum absolute atomic E-state index is 0.258. The number of rotatable bonds is 4. The molecule has 0 aromatic carbocycles. The Morgan fingerprint density at radius 1 is 1.24 bits per heavy atom. The molecule has 148 valence electrons. The quantitative estimate of drug-likeness (QED) is 0.625. The Morgan fingerprint density at radius 3 is 2.72 bits per heavy atom. The monoisotopic (exact) mass is 388 g/mol. The van der Waals surface area contributed by atoms with Gasteiger partial charge < -0.3 is 15.8 Å². The van der Waals surface area contributed by atoms with Crippen molar-refractivity contribution in [3.8, 4) is 22.5 Å². The smallest absolute Gasteiger partial charge is 0.337 e. The first-order valence-electron chi connectivity index (χ1n) is 10.2. The molecule has 0 saturated heterocycles. The zero-order valence-corrected chi connectivity index (χ0v) is 16.4. The number of carboxylic acid groups (broad SMARTS) is 1. The summed E-state index contributed by atoms with van der Waals surface area (Å²) in [6, 6.07) is 5.76. The number of hydrogen-bond donors (Lipinski definition) is 3. The molecule has 6 nitrogen and oxygen atoms in total. The van der Waals surface area contributed by atoms with Crippen molar-refractivity contribution >= 4 is 5.97 Å². The predicted molar refractivity (Wildman–Crippen MR) is 111 cm³/mol. The van der Waals surface area contributed by atoms with Gasteiger partial charge in [0.15, 0.2) is 0 Å². The summed E-state index contributed by atoms with van der Waals surface area (Å²) in [7, 11) is 0. The normalized spacial score (nSPS) is 16.6. The number of aryl methyl sites for hydroxylation is 2. The number of H-pyrrole nitrogens is 1. The van der Waals surface area contributed by atoms with Gasteiger partial charge in [-0.1, -0.05) is 6.42 Å². The molecule has 0 bridgehead atoms. The van der Waals surface area contributed by atoms with Crippen LogP contribution in [0.15, 0.2) is 30.6 Å². The second kappa shape index (κ2) is 6.81. The molecule has 5 rings (SSSR count). The third-order valence-electron chi connectivity index (χ3n) is 6.44. The van der Waals surface area contributed by atoms with Crippen LogP contribution in [0.3, 0.4) is 0 Å². The van der Waals surface area contributed by atoms with Gasteiger partial charge in [-0.2, -0.15) is 0 Å². The summed E-state index contributed by atoms with van der Waals surface area (Å²) in [4.78, 5) is 24.5. The number of aromatic nitrogens is 3. The lowest BCUT2D eigenvalue weighted by atomic mass is 9.78. The van der Waals surface area contributed by atoms with Gasteiger partial charge >= 0.3 is 5.97 Å². The van der Waals surface area contributed by atoms with Gasteiger partial charge in [-0.15, -0.1) is 0 Å². The number of aromatic amines is 1. The Balaban J connectivity index is 1.63. The van der Waals surface area contributed by atoms with E-state index in [9.17, 15) is 9.90 Å². The molecule has 2 aliphatic carbocycles. The van der Waals surface area contributed by atoms with Gasteiger partial charge in [0, 0.05) is 41.0 Å². The second-order valence-corrected chi connectivity index (χ2v) is 8.20. The fourth-order valence-electron chi connectivity index (χ4n) is 4.52. The van der Waals surface area contributed by atoms with Gasteiger partial charge in [0.25, 0.3) is 0 Å². The topological polar surface area (TPSA) is 105 Å². The van der Waals surface area contributed by atoms with Gasteiger partial charge in [0.05, 0.1) is 17.0 Å². The van der Waals surface area contributed by atoms with Crippen LogP contribution < -0.4 is 5.73 Å². The molecule has 3 aromatic rings. The fraction of sp³-hybridized carbons (Fsp3) is 0.348. The van der Waals surface area contributed by atoms with E-state index in [1.165, 1.54) is 6.42 Å². The second-order valence-electron chi connectivity index (χ2n) is 8.20. The van der Waals surface area contributed by atoms with Crippen LogP contribution in [0.2, 0.25) is 0 Å². The molecule has 2 aliphatic rings. The van der Waals surface area contributed by atoms with E-state index in [0.29, 0.717) is 23.6 Å². The summed E-state index contributed by atoms with van der Waals surface area (Å²) in [6.07, 6.45) is 8.49. The van der Waals surface area contributed by atoms with E-state index >= 15 is 0 Å². The number of nitrogens with zero attached hydrogens (tertiary/aromatic N) is 2. The summed E-state index contributed by atoms with van der Waals surface area (Å²) in [5, 5.41) is 9.94. The first kappa shape index (κ1) is 18.1. The number of nitrogens with two attached hydrogens (primary N) is 1. The molecular weight excluding hydrogens is 364 g/mol. The number of nitrogens with one attached hydrogen (secondary N) is 1. The average molecular weight is 388 g/mol. The van der Waals surface area contributed by atoms with Crippen molar-refractivity contribution in [3.63, 3.8) is 0 Å². The maximum absolute atomic E-state index is 12.1. The van der Waals surface area contributed by atoms with Gasteiger partial charge in [-0.3, -0.25) is 9.97 Å². The van der Waals surface area contributed by atoms with E-state index in [1.54, 1.807) is 0 Å². The van der Waals surface area contributed by atoms with Crippen LogP contribution in [0.25, 0.3) is 22.5 Å². The van der Waals surface area contributed by atoms with E-state index in [4.69, 9.17) is 5.73 Å². The van der Waals surface area contributed by atoms with E-state index in [1.807, 2.05) is 37.5 Å². The zero-order chi connectivity index (χ0) is 20.1. The molecule has 3 aromatic heterocycles. The SMILES string of the molecule is Cc1ccc(-c2cc3c(cn2)CCc2c-3[nH]c(C(N)C3CCC3)c2C(=O)O)cn1. The van der Waals surface area contributed by atoms with Crippen molar-refractivity contribution in [2.45, 2.75) is 45.1 Å². The van der Waals surface area contributed by atoms with Gasteiger partial charge in [-0.25, -0.2) is 4.79 Å². The molecule has 0 amide bonds. The van der Waals surface area contributed by atoms with Gasteiger partial charge in [0.1, 0.15) is 0 Å². The molecule has 0 radical (unpaired) electrons. The molecule has 4 N–H and O–H groups in total. The summed E-state index contributed by atoms with van der Waals surface area (Å²) in [5.74, 6) is -0.535. The summed E-state index contributed by atoms with van der Waals surface area (Å²) in [5.41, 5.74) is 14.2. The molecule has 0 spiro atoms. The Hall–Kier alpha value is -2.99. The van der Waals surface area contributed by atoms with E-state index in [2.05, 4.69) is 15.0 Å². The zero-order valence-electron chi connectivity index (χ0n) is 16.4. The molecule has 1 fully saturated rings. The molecule has 1 atom stereocenters. The predicted octanol–water partition coefficient (Wildman–Crippen LogP) is 4.04. The minimum Gasteiger partial charge on any atom is -0.478 e. The first-order chi connectivity index (χ1) is 14.0. The van der Waals surface area contributed by atoms with Crippen LogP contribution in [-0.4, -0.2) is 26.0 Å². The highest BCUT2D eigenvalue weighted by atomic mass is 16.4. The lowest BCUT2D eigenvalue weighted by molar-refractivity contribution is 0.0693. The lowest BCUT2D eigenvalue weighted by Gasteiger charge is -2.31. The standard InChI is InChI=1S/C23H24N4O2/c1-12-5-6-15(11-25-12)18-9-17-14(10-26-18)7-8-16-19(23(28)29)22(27-21(16)17)20(24)13-3-2-4-13/h5-6,9-11,13,20,27H,2-4,7-8,24H2,1H3,(H,28,29). The van der Waals surface area contributed by atoms with Crippen LogP contribution in [0.4, 0.5) is 0 Å². The molecule has 1 unspecified atom stereocenters. The number of fused-ring (bicyclic) bond motifs is 3. The Labute approximate surface area is 169 Å². The molecule has 3 heterocycles. The lowest BCUT2D eigenvalue weighted by Crippen LogP contribution is -2.28.